The molecule has 34 heavy (non-hydrogen) atoms. The van der Waals surface area contributed by atoms with Crippen molar-refractivity contribution in [1.82, 2.24) is 24.1 Å². The Balaban J connectivity index is 1.71. The van der Waals surface area contributed by atoms with Crippen LogP contribution in [0.1, 0.15) is 38.6 Å². The van der Waals surface area contributed by atoms with Crippen LogP contribution in [-0.4, -0.2) is 45.9 Å². The summed E-state index contributed by atoms with van der Waals surface area (Å²) in [4.78, 5) is 27.1. The lowest BCUT2D eigenvalue weighted by molar-refractivity contribution is 0.0863. The number of rotatable bonds is 9. The van der Waals surface area contributed by atoms with Crippen molar-refractivity contribution in [1.29, 1.82) is 0 Å². The molecule has 0 aromatic carbocycles. The van der Waals surface area contributed by atoms with Gasteiger partial charge in [-0.1, -0.05) is 39.4 Å². The van der Waals surface area contributed by atoms with E-state index in [0.29, 0.717) is 41.2 Å². The standard InChI is InChI=1S/C24H36N6O3Si/c1-17-9-6-7-11-19(17)30-21-20(29(24(30)31)16-33-13-14-34(3,4)5)15-26-23(28-21)27-18-10-8-12-25-22(18)32-2/h8,10,12,15,17,19H,6-7,9,11,13-14,16H2,1-5H3,(H,26,27,28). The van der Waals surface area contributed by atoms with Crippen LogP contribution >= 0.6 is 0 Å². The van der Waals surface area contributed by atoms with Crippen molar-refractivity contribution in [2.24, 2.45) is 5.92 Å². The smallest absolute Gasteiger partial charge is 0.332 e. The summed E-state index contributed by atoms with van der Waals surface area (Å²) in [6.07, 6.45) is 7.77. The lowest BCUT2D eigenvalue weighted by Crippen LogP contribution is -2.32. The van der Waals surface area contributed by atoms with E-state index in [1.165, 1.54) is 6.42 Å². The van der Waals surface area contributed by atoms with Gasteiger partial charge in [-0.05, 0) is 36.9 Å². The van der Waals surface area contributed by atoms with E-state index in [2.05, 4.69) is 41.8 Å². The highest BCUT2D eigenvalue weighted by Crippen LogP contribution is 2.34. The number of anilines is 2. The Morgan fingerprint density at radius 1 is 1.21 bits per heavy atom. The van der Waals surface area contributed by atoms with Gasteiger partial charge in [0.15, 0.2) is 5.65 Å². The van der Waals surface area contributed by atoms with E-state index >= 15 is 0 Å². The predicted molar refractivity (Wildman–Crippen MR) is 137 cm³/mol. The average Bonchev–Trinajstić information content (AvgIpc) is 3.07. The Morgan fingerprint density at radius 2 is 2.00 bits per heavy atom. The Kier molecular flexibility index (Phi) is 7.37. The fourth-order valence-electron chi connectivity index (χ4n) is 4.53. The van der Waals surface area contributed by atoms with E-state index in [1.807, 2.05) is 16.7 Å². The van der Waals surface area contributed by atoms with Gasteiger partial charge in [0.1, 0.15) is 17.9 Å². The molecule has 0 bridgehead atoms. The first kappa shape index (κ1) is 24.4. The minimum absolute atomic E-state index is 0.0767. The highest BCUT2D eigenvalue weighted by molar-refractivity contribution is 6.76. The molecule has 1 fully saturated rings. The Labute approximate surface area is 201 Å². The Bertz CT molecular complexity index is 1190. The van der Waals surface area contributed by atoms with E-state index < -0.39 is 8.07 Å². The number of nitrogens with zero attached hydrogens (tertiary/aromatic N) is 5. The maximum Gasteiger partial charge on any atom is 0.332 e. The number of fused-ring (bicyclic) bond motifs is 1. The molecule has 10 heteroatoms. The molecule has 1 aliphatic rings. The van der Waals surface area contributed by atoms with Crippen LogP contribution < -0.4 is 15.7 Å². The minimum atomic E-state index is -1.21. The summed E-state index contributed by atoms with van der Waals surface area (Å²) >= 11 is 0. The molecule has 0 saturated heterocycles. The molecule has 0 aliphatic heterocycles. The van der Waals surface area contributed by atoms with Crippen molar-refractivity contribution >= 4 is 30.9 Å². The number of pyridine rings is 1. The van der Waals surface area contributed by atoms with Crippen LogP contribution in [0.4, 0.5) is 11.6 Å². The molecule has 1 aliphatic carbocycles. The number of imidazole rings is 1. The van der Waals surface area contributed by atoms with Gasteiger partial charge in [-0.15, -0.1) is 0 Å². The fraction of sp³-hybridized carbons (Fsp3) is 0.583. The van der Waals surface area contributed by atoms with E-state index in [-0.39, 0.29) is 18.5 Å². The monoisotopic (exact) mass is 484 g/mol. The van der Waals surface area contributed by atoms with E-state index in [0.717, 1.165) is 25.3 Å². The van der Waals surface area contributed by atoms with Crippen molar-refractivity contribution in [2.75, 3.05) is 19.0 Å². The van der Waals surface area contributed by atoms with Crippen molar-refractivity contribution in [3.8, 4) is 5.88 Å². The normalized spacial score (nSPS) is 18.9. The van der Waals surface area contributed by atoms with Crippen molar-refractivity contribution in [3.05, 3.63) is 35.0 Å². The Morgan fingerprint density at radius 3 is 2.74 bits per heavy atom. The molecule has 3 aromatic heterocycles. The second-order valence-corrected chi connectivity index (χ2v) is 16.0. The van der Waals surface area contributed by atoms with Gasteiger partial charge in [-0.3, -0.25) is 9.13 Å². The van der Waals surface area contributed by atoms with Gasteiger partial charge < -0.3 is 14.8 Å². The molecular weight excluding hydrogens is 448 g/mol. The van der Waals surface area contributed by atoms with E-state index in [1.54, 1.807) is 24.1 Å². The lowest BCUT2D eigenvalue weighted by Gasteiger charge is -2.29. The predicted octanol–water partition coefficient (Wildman–Crippen LogP) is 4.80. The molecule has 0 spiro atoms. The third kappa shape index (κ3) is 5.33. The topological polar surface area (TPSA) is 96.1 Å². The van der Waals surface area contributed by atoms with Crippen LogP contribution in [-0.2, 0) is 11.5 Å². The summed E-state index contributed by atoms with van der Waals surface area (Å²) in [5, 5.41) is 3.19. The number of aromatic nitrogens is 5. The third-order valence-corrected chi connectivity index (χ3v) is 8.24. The van der Waals surface area contributed by atoms with Gasteiger partial charge >= 0.3 is 5.69 Å². The first-order chi connectivity index (χ1) is 16.3. The summed E-state index contributed by atoms with van der Waals surface area (Å²) in [7, 11) is 0.360. The molecular formula is C24H36N6O3Si. The first-order valence-corrected chi connectivity index (χ1v) is 15.8. The molecule has 2 atom stereocenters. The Hall–Kier alpha value is -2.72. The maximum atomic E-state index is 13.6. The second-order valence-electron chi connectivity index (χ2n) is 10.3. The molecule has 0 amide bonds. The van der Waals surface area contributed by atoms with Gasteiger partial charge in [0.2, 0.25) is 11.8 Å². The summed E-state index contributed by atoms with van der Waals surface area (Å²) in [6, 6.07) is 4.84. The van der Waals surface area contributed by atoms with Crippen LogP contribution in [0.25, 0.3) is 11.2 Å². The van der Waals surface area contributed by atoms with Crippen LogP contribution in [0.5, 0.6) is 5.88 Å². The lowest BCUT2D eigenvalue weighted by atomic mass is 9.86. The number of methoxy groups -OCH3 is 1. The molecule has 184 valence electrons. The van der Waals surface area contributed by atoms with Crippen molar-refractivity contribution < 1.29 is 9.47 Å². The molecule has 3 heterocycles. The van der Waals surface area contributed by atoms with E-state index in [4.69, 9.17) is 14.5 Å². The molecule has 3 aromatic rings. The molecule has 0 radical (unpaired) electrons. The fourth-order valence-corrected chi connectivity index (χ4v) is 5.28. The zero-order valence-corrected chi connectivity index (χ0v) is 21.9. The molecule has 4 rings (SSSR count). The van der Waals surface area contributed by atoms with Gasteiger partial charge in [0.25, 0.3) is 0 Å². The van der Waals surface area contributed by atoms with Crippen molar-refractivity contribution in [3.63, 3.8) is 0 Å². The third-order valence-electron chi connectivity index (χ3n) is 6.53. The molecule has 1 N–H and O–H groups in total. The summed E-state index contributed by atoms with van der Waals surface area (Å²) < 4.78 is 14.8. The average molecular weight is 485 g/mol. The zero-order valence-electron chi connectivity index (χ0n) is 20.9. The highest BCUT2D eigenvalue weighted by atomic mass is 28.3. The quantitative estimate of drug-likeness (QED) is 0.344. The van der Waals surface area contributed by atoms with E-state index in [9.17, 15) is 4.79 Å². The SMILES string of the molecule is COc1ncccc1Nc1ncc2c(n1)n(C1CCCCC1C)c(=O)n2COCC[Si](C)(C)C. The minimum Gasteiger partial charge on any atom is -0.480 e. The maximum absolute atomic E-state index is 13.6. The first-order valence-electron chi connectivity index (χ1n) is 12.1. The molecule has 1 saturated carbocycles. The molecule has 2 unspecified atom stereocenters. The number of hydrogen-bond acceptors (Lipinski definition) is 7. The van der Waals surface area contributed by atoms with Gasteiger partial charge in [-0.25, -0.2) is 14.8 Å². The second kappa shape index (κ2) is 10.3. The molecule has 9 nitrogen and oxygen atoms in total. The van der Waals surface area contributed by atoms with Crippen LogP contribution in [0.3, 0.4) is 0 Å². The van der Waals surface area contributed by atoms with Gasteiger partial charge in [0.05, 0.1) is 13.3 Å². The zero-order chi connectivity index (χ0) is 24.3. The van der Waals surface area contributed by atoms with Crippen molar-refractivity contribution in [2.45, 2.75) is 71.1 Å². The number of ether oxygens (including phenoxy) is 2. The van der Waals surface area contributed by atoms with Crippen LogP contribution in [0, 0.1) is 5.92 Å². The van der Waals surface area contributed by atoms with Gasteiger partial charge in [0, 0.05) is 26.9 Å². The summed E-state index contributed by atoms with van der Waals surface area (Å²) in [5.74, 6) is 1.26. The van der Waals surface area contributed by atoms with Crippen LogP contribution in [0.15, 0.2) is 29.3 Å². The largest absolute Gasteiger partial charge is 0.480 e. The van der Waals surface area contributed by atoms with Crippen LogP contribution in [0.2, 0.25) is 25.7 Å². The highest BCUT2D eigenvalue weighted by Gasteiger charge is 2.29. The summed E-state index contributed by atoms with van der Waals surface area (Å²) in [5.41, 5.74) is 1.92. The number of nitrogens with one attached hydrogen (secondary N) is 1. The number of hydrogen-bond donors (Lipinski definition) is 1. The summed E-state index contributed by atoms with van der Waals surface area (Å²) in [6.45, 7) is 10.0. The van der Waals surface area contributed by atoms with Gasteiger partial charge in [-0.2, -0.15) is 4.98 Å².